The van der Waals surface area contributed by atoms with Crippen LogP contribution in [0, 0.1) is 0 Å². The number of nitrogens with zero attached hydrogens (tertiary/aromatic N) is 3. The summed E-state index contributed by atoms with van der Waals surface area (Å²) in [4.78, 5) is 0. The van der Waals surface area contributed by atoms with Crippen LogP contribution in [0.2, 0.25) is 0 Å². The zero-order valence-electron chi connectivity index (χ0n) is 9.95. The molecule has 0 fully saturated rings. The van der Waals surface area contributed by atoms with Crippen molar-refractivity contribution in [3.05, 3.63) is 52.9 Å². The van der Waals surface area contributed by atoms with E-state index >= 15 is 0 Å². The summed E-state index contributed by atoms with van der Waals surface area (Å²) in [5.74, 6) is 1.48. The number of pyridine rings is 1. The molecular weight excluding hydrogens is 308 g/mol. The van der Waals surface area contributed by atoms with Gasteiger partial charge >= 0.3 is 0 Å². The minimum Gasteiger partial charge on any atom is -0.486 e. The number of anilines is 1. The van der Waals surface area contributed by atoms with Crippen LogP contribution in [0.4, 0.5) is 5.69 Å². The Bertz CT molecular complexity index is 725. The predicted molar refractivity (Wildman–Crippen MR) is 75.9 cm³/mol. The molecule has 0 saturated heterocycles. The highest BCUT2D eigenvalue weighted by molar-refractivity contribution is 9.10. The van der Waals surface area contributed by atoms with Crippen molar-refractivity contribution in [2.75, 3.05) is 5.73 Å². The van der Waals surface area contributed by atoms with E-state index in [9.17, 15) is 0 Å². The van der Waals surface area contributed by atoms with Crippen LogP contribution in [-0.2, 0) is 6.61 Å². The molecule has 0 unspecified atom stereocenters. The van der Waals surface area contributed by atoms with Crippen molar-refractivity contribution in [1.29, 1.82) is 0 Å². The van der Waals surface area contributed by atoms with Crippen LogP contribution in [0.15, 0.2) is 47.1 Å². The van der Waals surface area contributed by atoms with Crippen molar-refractivity contribution in [2.45, 2.75) is 6.61 Å². The highest BCUT2D eigenvalue weighted by Crippen LogP contribution is 2.19. The van der Waals surface area contributed by atoms with Crippen molar-refractivity contribution in [3.63, 3.8) is 0 Å². The zero-order chi connectivity index (χ0) is 13.2. The molecule has 0 aliphatic rings. The Morgan fingerprint density at radius 1 is 1.21 bits per heavy atom. The molecule has 0 radical (unpaired) electrons. The number of rotatable bonds is 3. The van der Waals surface area contributed by atoms with Crippen molar-refractivity contribution in [3.8, 4) is 5.75 Å². The fourth-order valence-corrected chi connectivity index (χ4v) is 2.14. The molecule has 96 valence electrons. The van der Waals surface area contributed by atoms with E-state index in [-0.39, 0.29) is 0 Å². The van der Waals surface area contributed by atoms with Crippen molar-refractivity contribution in [1.82, 2.24) is 14.6 Å². The summed E-state index contributed by atoms with van der Waals surface area (Å²) in [5, 5.41) is 8.15. The van der Waals surface area contributed by atoms with Gasteiger partial charge in [0.15, 0.2) is 11.5 Å². The third-order valence-electron chi connectivity index (χ3n) is 2.66. The third kappa shape index (κ3) is 2.53. The Morgan fingerprint density at radius 3 is 2.95 bits per heavy atom. The fraction of sp³-hybridized carbons (Fsp3) is 0.0769. The van der Waals surface area contributed by atoms with Gasteiger partial charge in [0.2, 0.25) is 0 Å². The molecule has 0 aliphatic carbocycles. The molecule has 5 nitrogen and oxygen atoms in total. The Hall–Kier alpha value is -2.08. The van der Waals surface area contributed by atoms with Crippen molar-refractivity contribution in [2.24, 2.45) is 0 Å². The van der Waals surface area contributed by atoms with Crippen molar-refractivity contribution < 1.29 is 4.74 Å². The lowest BCUT2D eigenvalue weighted by Crippen LogP contribution is -2.02. The number of ether oxygens (including phenoxy) is 1. The van der Waals surface area contributed by atoms with Crippen LogP contribution < -0.4 is 10.5 Å². The predicted octanol–water partition coefficient (Wildman–Crippen LogP) is 2.65. The second-order valence-corrected chi connectivity index (χ2v) is 4.97. The van der Waals surface area contributed by atoms with Crippen LogP contribution in [0.25, 0.3) is 5.65 Å². The number of halogens is 1. The summed E-state index contributed by atoms with van der Waals surface area (Å²) in [6.07, 6.45) is 1.79. The van der Waals surface area contributed by atoms with E-state index < -0.39 is 0 Å². The highest BCUT2D eigenvalue weighted by atomic mass is 79.9. The average Bonchev–Trinajstić information content (AvgIpc) is 2.79. The maximum Gasteiger partial charge on any atom is 0.175 e. The second-order valence-electron chi connectivity index (χ2n) is 4.05. The number of benzene rings is 1. The van der Waals surface area contributed by atoms with E-state index in [1.165, 1.54) is 0 Å². The van der Waals surface area contributed by atoms with E-state index in [0.29, 0.717) is 18.1 Å². The molecule has 2 heterocycles. The summed E-state index contributed by atoms with van der Waals surface area (Å²) in [7, 11) is 0. The Morgan fingerprint density at radius 2 is 2.11 bits per heavy atom. The minimum absolute atomic E-state index is 0.334. The first-order valence-electron chi connectivity index (χ1n) is 5.70. The van der Waals surface area contributed by atoms with E-state index in [4.69, 9.17) is 10.5 Å². The lowest BCUT2D eigenvalue weighted by Gasteiger charge is -2.05. The first kappa shape index (κ1) is 12.0. The minimum atomic E-state index is 0.334. The van der Waals surface area contributed by atoms with Gasteiger partial charge < -0.3 is 10.5 Å². The molecule has 3 rings (SSSR count). The van der Waals surface area contributed by atoms with Gasteiger partial charge in [-0.05, 0) is 30.3 Å². The highest BCUT2D eigenvalue weighted by Gasteiger charge is 2.06. The summed E-state index contributed by atoms with van der Waals surface area (Å²) in [6.45, 7) is 0.334. The van der Waals surface area contributed by atoms with Crippen LogP contribution in [-0.4, -0.2) is 14.6 Å². The summed E-state index contributed by atoms with van der Waals surface area (Å²) in [6, 6.07) is 11.3. The normalized spacial score (nSPS) is 10.8. The van der Waals surface area contributed by atoms with Crippen LogP contribution >= 0.6 is 15.9 Å². The average molecular weight is 319 g/mol. The van der Waals surface area contributed by atoms with Gasteiger partial charge in [0, 0.05) is 16.4 Å². The van der Waals surface area contributed by atoms with Gasteiger partial charge in [-0.3, -0.25) is 4.40 Å². The lowest BCUT2D eigenvalue weighted by atomic mass is 10.3. The fourth-order valence-electron chi connectivity index (χ4n) is 1.76. The monoisotopic (exact) mass is 318 g/mol. The SMILES string of the molecule is Nc1ccc2nnc(COc3cccc(Br)c3)n2c1. The molecule has 19 heavy (non-hydrogen) atoms. The number of nitrogen functional groups attached to an aromatic ring is 1. The number of hydrogen-bond acceptors (Lipinski definition) is 4. The van der Waals surface area contributed by atoms with Gasteiger partial charge in [-0.2, -0.15) is 0 Å². The molecule has 2 aromatic heterocycles. The van der Waals surface area contributed by atoms with E-state index in [1.807, 2.05) is 34.7 Å². The number of fused-ring (bicyclic) bond motifs is 1. The zero-order valence-corrected chi connectivity index (χ0v) is 11.5. The Kier molecular flexibility index (Phi) is 3.08. The molecule has 0 spiro atoms. The molecule has 0 aliphatic heterocycles. The maximum absolute atomic E-state index is 5.76. The Balaban J connectivity index is 1.84. The van der Waals surface area contributed by atoms with Gasteiger partial charge in [0.25, 0.3) is 0 Å². The summed E-state index contributed by atoms with van der Waals surface area (Å²) in [5.41, 5.74) is 7.17. The molecule has 0 atom stereocenters. The van der Waals surface area contributed by atoms with E-state index in [2.05, 4.69) is 26.1 Å². The lowest BCUT2D eigenvalue weighted by molar-refractivity contribution is 0.294. The van der Waals surface area contributed by atoms with E-state index in [1.54, 1.807) is 12.3 Å². The Labute approximate surface area is 118 Å². The molecule has 6 heteroatoms. The topological polar surface area (TPSA) is 65.4 Å². The maximum atomic E-state index is 5.76. The quantitative estimate of drug-likeness (QED) is 0.806. The van der Waals surface area contributed by atoms with Gasteiger partial charge in [-0.15, -0.1) is 10.2 Å². The smallest absolute Gasteiger partial charge is 0.175 e. The van der Waals surface area contributed by atoms with Gasteiger partial charge in [-0.1, -0.05) is 22.0 Å². The van der Waals surface area contributed by atoms with Gasteiger partial charge in [0.1, 0.15) is 12.4 Å². The molecular formula is C13H11BrN4O. The molecule has 3 aromatic rings. The number of nitrogens with two attached hydrogens (primary N) is 1. The van der Waals surface area contributed by atoms with E-state index in [0.717, 1.165) is 15.9 Å². The summed E-state index contributed by atoms with van der Waals surface area (Å²) < 4.78 is 8.48. The molecule has 1 aromatic carbocycles. The summed E-state index contributed by atoms with van der Waals surface area (Å²) >= 11 is 3.40. The van der Waals surface area contributed by atoms with Crippen LogP contribution in [0.1, 0.15) is 5.82 Å². The first-order valence-corrected chi connectivity index (χ1v) is 6.49. The largest absolute Gasteiger partial charge is 0.486 e. The van der Waals surface area contributed by atoms with Crippen LogP contribution in [0.5, 0.6) is 5.75 Å². The standard InChI is InChI=1S/C13H11BrN4O/c14-9-2-1-3-11(6-9)19-8-13-17-16-12-5-4-10(15)7-18(12)13/h1-7H,8,15H2. The molecule has 0 amide bonds. The molecule has 0 bridgehead atoms. The van der Waals surface area contributed by atoms with Gasteiger partial charge in [0.05, 0.1) is 0 Å². The molecule has 2 N–H and O–H groups in total. The number of aromatic nitrogens is 3. The number of hydrogen-bond donors (Lipinski definition) is 1. The van der Waals surface area contributed by atoms with Gasteiger partial charge in [-0.25, -0.2) is 0 Å². The second kappa shape index (κ2) is 4.89. The third-order valence-corrected chi connectivity index (χ3v) is 3.15. The first-order chi connectivity index (χ1) is 9.22. The molecule has 0 saturated carbocycles. The van der Waals surface area contributed by atoms with Crippen LogP contribution in [0.3, 0.4) is 0 Å². The van der Waals surface area contributed by atoms with Crippen molar-refractivity contribution >= 4 is 27.3 Å².